The molecular formula is C10H17BrN4OS. The van der Waals surface area contributed by atoms with Crippen LogP contribution in [0.15, 0.2) is 10.7 Å². The van der Waals surface area contributed by atoms with Crippen LogP contribution in [0.2, 0.25) is 0 Å². The van der Waals surface area contributed by atoms with Gasteiger partial charge in [0.05, 0.1) is 4.47 Å². The highest BCUT2D eigenvalue weighted by Crippen LogP contribution is 2.19. The standard InChI is InChI=1S/C10H17BrN4OS/c1-3-12-10-14-7-8(11)9(15-10)13-5-4-6-17(2)16/h7H,3-6H2,1-2H3,(H2,12,13,14,15). The van der Waals surface area contributed by atoms with E-state index in [2.05, 4.69) is 36.5 Å². The molecule has 1 unspecified atom stereocenters. The quantitative estimate of drug-likeness (QED) is 0.750. The summed E-state index contributed by atoms with van der Waals surface area (Å²) in [6.07, 6.45) is 4.28. The Hall–Kier alpha value is -0.690. The highest BCUT2D eigenvalue weighted by atomic mass is 79.9. The molecule has 0 bridgehead atoms. The van der Waals surface area contributed by atoms with E-state index in [9.17, 15) is 4.21 Å². The van der Waals surface area contributed by atoms with E-state index in [1.54, 1.807) is 12.5 Å². The van der Waals surface area contributed by atoms with Gasteiger partial charge in [0.2, 0.25) is 5.95 Å². The van der Waals surface area contributed by atoms with Crippen LogP contribution in [-0.4, -0.2) is 39.3 Å². The van der Waals surface area contributed by atoms with Crippen molar-refractivity contribution in [3.63, 3.8) is 0 Å². The summed E-state index contributed by atoms with van der Waals surface area (Å²) in [5, 5.41) is 6.25. The Morgan fingerprint density at radius 2 is 2.24 bits per heavy atom. The fourth-order valence-electron chi connectivity index (χ4n) is 1.22. The van der Waals surface area contributed by atoms with E-state index in [1.807, 2.05) is 6.92 Å². The maximum absolute atomic E-state index is 10.9. The first-order chi connectivity index (χ1) is 8.13. The Labute approximate surface area is 112 Å². The summed E-state index contributed by atoms with van der Waals surface area (Å²) in [6.45, 7) is 3.53. The molecule has 0 saturated heterocycles. The number of aromatic nitrogens is 2. The second-order valence-electron chi connectivity index (χ2n) is 3.48. The number of anilines is 2. The van der Waals surface area contributed by atoms with Gasteiger partial charge in [0.25, 0.3) is 0 Å². The third kappa shape index (κ3) is 5.45. The van der Waals surface area contributed by atoms with Crippen LogP contribution >= 0.6 is 15.9 Å². The van der Waals surface area contributed by atoms with Gasteiger partial charge in [-0.15, -0.1) is 0 Å². The van der Waals surface area contributed by atoms with Gasteiger partial charge in [-0.2, -0.15) is 4.98 Å². The minimum Gasteiger partial charge on any atom is -0.369 e. The van der Waals surface area contributed by atoms with Crippen LogP contribution in [0.4, 0.5) is 11.8 Å². The van der Waals surface area contributed by atoms with Crippen LogP contribution in [0.5, 0.6) is 0 Å². The zero-order valence-electron chi connectivity index (χ0n) is 9.99. The first-order valence-corrected chi connectivity index (χ1v) is 7.95. The molecular weight excluding hydrogens is 304 g/mol. The van der Waals surface area contributed by atoms with E-state index in [-0.39, 0.29) is 0 Å². The van der Waals surface area contributed by atoms with E-state index >= 15 is 0 Å². The molecule has 0 aromatic carbocycles. The van der Waals surface area contributed by atoms with Crippen molar-refractivity contribution in [2.24, 2.45) is 0 Å². The number of halogens is 1. The van der Waals surface area contributed by atoms with Gasteiger partial charge in [-0.25, -0.2) is 4.98 Å². The van der Waals surface area contributed by atoms with E-state index < -0.39 is 10.8 Å². The second kappa shape index (κ2) is 7.60. The number of nitrogens with zero attached hydrogens (tertiary/aromatic N) is 2. The normalized spacial score (nSPS) is 12.2. The predicted molar refractivity (Wildman–Crippen MR) is 75.9 cm³/mol. The van der Waals surface area contributed by atoms with Gasteiger partial charge < -0.3 is 10.6 Å². The molecule has 0 amide bonds. The molecule has 0 fully saturated rings. The zero-order valence-corrected chi connectivity index (χ0v) is 12.4. The number of hydrogen-bond donors (Lipinski definition) is 2. The third-order valence-corrected chi connectivity index (χ3v) is 3.42. The molecule has 0 radical (unpaired) electrons. The highest BCUT2D eigenvalue weighted by molar-refractivity contribution is 9.10. The molecule has 1 aromatic heterocycles. The van der Waals surface area contributed by atoms with Crippen molar-refractivity contribution in [2.75, 3.05) is 35.7 Å². The van der Waals surface area contributed by atoms with Crippen LogP contribution in [-0.2, 0) is 10.8 Å². The van der Waals surface area contributed by atoms with E-state index in [4.69, 9.17) is 0 Å². The van der Waals surface area contributed by atoms with Crippen LogP contribution in [0.1, 0.15) is 13.3 Å². The van der Waals surface area contributed by atoms with E-state index in [1.165, 1.54) is 0 Å². The topological polar surface area (TPSA) is 66.9 Å². The lowest BCUT2D eigenvalue weighted by Crippen LogP contribution is -2.10. The molecule has 1 aromatic rings. The molecule has 7 heteroatoms. The van der Waals surface area contributed by atoms with Crippen molar-refractivity contribution in [3.05, 3.63) is 10.7 Å². The molecule has 96 valence electrons. The molecule has 2 N–H and O–H groups in total. The van der Waals surface area contributed by atoms with Crippen LogP contribution < -0.4 is 10.6 Å². The minimum absolute atomic E-state index is 0.609. The van der Waals surface area contributed by atoms with Crippen molar-refractivity contribution < 1.29 is 4.21 Å². The Morgan fingerprint density at radius 1 is 1.47 bits per heavy atom. The van der Waals surface area contributed by atoms with Gasteiger partial charge >= 0.3 is 0 Å². The van der Waals surface area contributed by atoms with Crippen LogP contribution in [0.3, 0.4) is 0 Å². The summed E-state index contributed by atoms with van der Waals surface area (Å²) in [5.41, 5.74) is 0. The number of hydrogen-bond acceptors (Lipinski definition) is 5. The summed E-state index contributed by atoms with van der Waals surface area (Å²) < 4.78 is 11.7. The van der Waals surface area contributed by atoms with Gasteiger partial charge in [-0.1, -0.05) is 0 Å². The molecule has 1 heterocycles. The zero-order chi connectivity index (χ0) is 12.7. The highest BCUT2D eigenvalue weighted by Gasteiger charge is 2.03. The Kier molecular flexibility index (Phi) is 6.43. The molecule has 1 atom stereocenters. The molecule has 0 spiro atoms. The average molecular weight is 321 g/mol. The van der Waals surface area contributed by atoms with Gasteiger partial charge in [0.1, 0.15) is 5.82 Å². The van der Waals surface area contributed by atoms with Gasteiger partial charge in [0.15, 0.2) is 0 Å². The smallest absolute Gasteiger partial charge is 0.224 e. The minimum atomic E-state index is -0.733. The first kappa shape index (κ1) is 14.4. The van der Waals surface area contributed by atoms with Gasteiger partial charge in [0, 0.05) is 42.1 Å². The maximum Gasteiger partial charge on any atom is 0.224 e. The second-order valence-corrected chi connectivity index (χ2v) is 5.89. The summed E-state index contributed by atoms with van der Waals surface area (Å²) in [7, 11) is -0.733. The molecule has 5 nitrogen and oxygen atoms in total. The van der Waals surface area contributed by atoms with Crippen molar-refractivity contribution in [2.45, 2.75) is 13.3 Å². The van der Waals surface area contributed by atoms with E-state index in [0.717, 1.165) is 29.8 Å². The molecule has 0 aliphatic carbocycles. The number of rotatable bonds is 7. The van der Waals surface area contributed by atoms with E-state index in [0.29, 0.717) is 11.7 Å². The van der Waals surface area contributed by atoms with Crippen LogP contribution in [0.25, 0.3) is 0 Å². The Morgan fingerprint density at radius 3 is 2.88 bits per heavy atom. The number of nitrogens with one attached hydrogen (secondary N) is 2. The summed E-state index contributed by atoms with van der Waals surface area (Å²) >= 11 is 3.39. The fraction of sp³-hybridized carbons (Fsp3) is 0.600. The lowest BCUT2D eigenvalue weighted by Gasteiger charge is -2.08. The SMILES string of the molecule is CCNc1ncc(Br)c(NCCCS(C)=O)n1. The Bertz CT molecular complexity index is 389. The molecule has 1 rings (SSSR count). The third-order valence-electron chi connectivity index (χ3n) is 1.98. The average Bonchev–Trinajstić information content (AvgIpc) is 2.28. The molecule has 0 saturated carbocycles. The molecule has 17 heavy (non-hydrogen) atoms. The summed E-state index contributed by atoms with van der Waals surface area (Å²) in [5.74, 6) is 2.07. The lowest BCUT2D eigenvalue weighted by atomic mass is 10.4. The molecule has 0 aliphatic heterocycles. The molecule has 0 aliphatic rings. The van der Waals surface area contributed by atoms with Crippen molar-refractivity contribution in [1.82, 2.24) is 9.97 Å². The maximum atomic E-state index is 10.9. The van der Waals surface area contributed by atoms with Crippen LogP contribution in [0, 0.1) is 0 Å². The Balaban J connectivity index is 2.51. The summed E-state index contributed by atoms with van der Waals surface area (Å²) in [6, 6.07) is 0. The predicted octanol–water partition coefficient (Wildman–Crippen LogP) is 1.85. The van der Waals surface area contributed by atoms with Gasteiger partial charge in [-0.05, 0) is 29.3 Å². The van der Waals surface area contributed by atoms with Crippen molar-refractivity contribution in [1.29, 1.82) is 0 Å². The largest absolute Gasteiger partial charge is 0.369 e. The van der Waals surface area contributed by atoms with Crippen molar-refractivity contribution in [3.8, 4) is 0 Å². The lowest BCUT2D eigenvalue weighted by molar-refractivity contribution is 0.685. The van der Waals surface area contributed by atoms with Crippen molar-refractivity contribution >= 4 is 38.5 Å². The van der Waals surface area contributed by atoms with Gasteiger partial charge in [-0.3, -0.25) is 4.21 Å². The fourth-order valence-corrected chi connectivity index (χ4v) is 2.10. The summed E-state index contributed by atoms with van der Waals surface area (Å²) in [4.78, 5) is 8.45. The first-order valence-electron chi connectivity index (χ1n) is 5.43. The monoisotopic (exact) mass is 320 g/mol.